The summed E-state index contributed by atoms with van der Waals surface area (Å²) in [7, 11) is 0. The summed E-state index contributed by atoms with van der Waals surface area (Å²) < 4.78 is 11.1. The van der Waals surface area contributed by atoms with Crippen LogP contribution in [-0.2, 0) is 10.2 Å². The van der Waals surface area contributed by atoms with Gasteiger partial charge in [0.15, 0.2) is 11.5 Å². The molecule has 0 atom stereocenters. The van der Waals surface area contributed by atoms with Gasteiger partial charge in [0.2, 0.25) is 6.79 Å². The SMILES string of the molecule is Cc1cccc(-c2[nH]c(C34CCC(C(=O)O)(CC3)CC4)nc2-c2ccc3c(c2)OCO3)n1.O.[Li+].[OH-]. The van der Waals surface area contributed by atoms with Crippen molar-refractivity contribution in [2.45, 2.75) is 50.9 Å². The van der Waals surface area contributed by atoms with E-state index in [2.05, 4.69) is 4.98 Å². The Bertz CT molecular complexity index is 1220. The number of fused-ring (bicyclic) bond motifs is 4. The van der Waals surface area contributed by atoms with Crippen molar-refractivity contribution in [2.24, 2.45) is 5.41 Å². The van der Waals surface area contributed by atoms with Crippen molar-refractivity contribution < 1.29 is 49.2 Å². The molecule has 7 rings (SSSR count). The number of aromatic amines is 1. The van der Waals surface area contributed by atoms with E-state index in [4.69, 9.17) is 19.4 Å². The molecule has 9 nitrogen and oxygen atoms in total. The number of aromatic nitrogens is 3. The minimum atomic E-state index is -0.643. The number of H-pyrrole nitrogens is 1. The van der Waals surface area contributed by atoms with Gasteiger partial charge in [0.1, 0.15) is 5.82 Å². The van der Waals surface area contributed by atoms with Gasteiger partial charge < -0.3 is 30.5 Å². The molecule has 10 heteroatoms. The molecule has 3 fully saturated rings. The molecule has 2 aromatic heterocycles. The van der Waals surface area contributed by atoms with Gasteiger partial charge >= 0.3 is 24.8 Å². The summed E-state index contributed by atoms with van der Waals surface area (Å²) in [6.07, 6.45) is 4.65. The normalized spacial score (nSPS) is 23.6. The first-order chi connectivity index (χ1) is 15.5. The van der Waals surface area contributed by atoms with E-state index in [1.807, 2.05) is 43.3 Å². The average Bonchev–Trinajstić information content (AvgIpc) is 3.47. The van der Waals surface area contributed by atoms with E-state index in [1.165, 1.54) is 0 Å². The molecule has 3 aliphatic carbocycles. The molecular formula is C25H28LiN3O6. The molecule has 180 valence electrons. The van der Waals surface area contributed by atoms with Crippen LogP contribution in [0.15, 0.2) is 36.4 Å². The Hall–Kier alpha value is -2.83. The maximum atomic E-state index is 11.9. The maximum absolute atomic E-state index is 11.9. The number of hydrogen-bond acceptors (Lipinski definition) is 6. The maximum Gasteiger partial charge on any atom is 1.00 e. The second-order valence-corrected chi connectivity index (χ2v) is 9.41. The van der Waals surface area contributed by atoms with Gasteiger partial charge in [-0.3, -0.25) is 9.78 Å². The molecule has 0 radical (unpaired) electrons. The van der Waals surface area contributed by atoms with Gasteiger partial charge in [-0.2, -0.15) is 0 Å². The predicted molar refractivity (Wildman–Crippen MR) is 123 cm³/mol. The topological polar surface area (TPSA) is 159 Å². The molecule has 2 bridgehead atoms. The molecule has 5 N–H and O–H groups in total. The van der Waals surface area contributed by atoms with Crippen molar-refractivity contribution in [1.82, 2.24) is 15.0 Å². The molecule has 0 unspecified atom stereocenters. The minimum absolute atomic E-state index is 0. The van der Waals surface area contributed by atoms with Gasteiger partial charge in [0.05, 0.1) is 22.5 Å². The van der Waals surface area contributed by atoms with E-state index in [9.17, 15) is 9.90 Å². The van der Waals surface area contributed by atoms with Crippen molar-refractivity contribution in [2.75, 3.05) is 6.79 Å². The third-order valence-electron chi connectivity index (χ3n) is 7.70. The van der Waals surface area contributed by atoms with Crippen molar-refractivity contribution in [3.8, 4) is 34.1 Å². The quantitative estimate of drug-likeness (QED) is 0.532. The fourth-order valence-electron chi connectivity index (χ4n) is 5.61. The van der Waals surface area contributed by atoms with Crippen molar-refractivity contribution in [3.63, 3.8) is 0 Å². The first kappa shape index (κ1) is 26.8. The largest absolute Gasteiger partial charge is 1.00 e. The van der Waals surface area contributed by atoms with Crippen molar-refractivity contribution >= 4 is 5.97 Å². The van der Waals surface area contributed by atoms with Crippen LogP contribution >= 0.6 is 0 Å². The van der Waals surface area contributed by atoms with Crippen LogP contribution in [0.1, 0.15) is 50.0 Å². The smallest absolute Gasteiger partial charge is 0.870 e. The molecule has 0 spiro atoms. The van der Waals surface area contributed by atoms with Crippen LogP contribution in [0.25, 0.3) is 22.6 Å². The average molecular weight is 473 g/mol. The number of imidazole rings is 1. The Labute approximate surface area is 215 Å². The van der Waals surface area contributed by atoms with E-state index in [-0.39, 0.29) is 42.0 Å². The van der Waals surface area contributed by atoms with E-state index in [1.54, 1.807) is 0 Å². The first-order valence-electron chi connectivity index (χ1n) is 11.2. The number of nitrogens with one attached hydrogen (secondary N) is 1. The second kappa shape index (κ2) is 9.67. The van der Waals surface area contributed by atoms with Gasteiger partial charge in [-0.25, -0.2) is 4.98 Å². The number of aliphatic carboxylic acids is 1. The summed E-state index contributed by atoms with van der Waals surface area (Å²) >= 11 is 0. The van der Waals surface area contributed by atoms with E-state index in [0.717, 1.165) is 64.9 Å². The number of ether oxygens (including phenoxy) is 2. The first-order valence-corrected chi connectivity index (χ1v) is 11.2. The number of aryl methyl sites for hydroxylation is 1. The van der Waals surface area contributed by atoms with Crippen LogP contribution in [0.2, 0.25) is 0 Å². The number of hydrogen-bond donors (Lipinski definition) is 2. The van der Waals surface area contributed by atoms with Gasteiger partial charge in [0, 0.05) is 16.7 Å². The molecule has 35 heavy (non-hydrogen) atoms. The predicted octanol–water partition coefficient (Wildman–Crippen LogP) is 0.855. The summed E-state index contributed by atoms with van der Waals surface area (Å²) in [5.41, 5.74) is 3.80. The molecule has 3 aromatic rings. The number of nitrogens with zero attached hydrogens (tertiary/aromatic N) is 2. The molecule has 3 saturated carbocycles. The van der Waals surface area contributed by atoms with Gasteiger partial charge in [-0.1, -0.05) is 6.07 Å². The Balaban J connectivity index is 0.00000114. The molecule has 0 amide bonds. The van der Waals surface area contributed by atoms with Crippen LogP contribution < -0.4 is 28.3 Å². The van der Waals surface area contributed by atoms with Crippen molar-refractivity contribution in [3.05, 3.63) is 47.9 Å². The van der Waals surface area contributed by atoms with Crippen LogP contribution in [0.4, 0.5) is 0 Å². The summed E-state index contributed by atoms with van der Waals surface area (Å²) in [4.78, 5) is 25.4. The third-order valence-corrected chi connectivity index (χ3v) is 7.70. The number of benzene rings is 1. The number of carboxylic acid groups (broad SMARTS) is 1. The number of carbonyl (C=O) groups is 1. The zero-order chi connectivity index (χ0) is 21.9. The summed E-state index contributed by atoms with van der Waals surface area (Å²) in [6, 6.07) is 11.9. The number of carboxylic acids is 1. The monoisotopic (exact) mass is 473 g/mol. The summed E-state index contributed by atoms with van der Waals surface area (Å²) in [6.45, 7) is 2.21. The van der Waals surface area contributed by atoms with Crippen LogP contribution in [0, 0.1) is 12.3 Å². The molecule has 3 heterocycles. The molecule has 4 aliphatic rings. The molecular weight excluding hydrogens is 445 g/mol. The Morgan fingerprint density at radius 3 is 2.34 bits per heavy atom. The Morgan fingerprint density at radius 2 is 1.69 bits per heavy atom. The molecule has 1 aliphatic heterocycles. The summed E-state index contributed by atoms with van der Waals surface area (Å²) in [5.74, 6) is 1.76. The number of rotatable bonds is 4. The fourth-order valence-corrected chi connectivity index (χ4v) is 5.61. The third kappa shape index (κ3) is 4.23. The van der Waals surface area contributed by atoms with Gasteiger partial charge in [-0.15, -0.1) is 0 Å². The fraction of sp³-hybridized carbons (Fsp3) is 0.400. The second-order valence-electron chi connectivity index (χ2n) is 9.41. The zero-order valence-electron chi connectivity index (χ0n) is 19.9. The van der Waals surface area contributed by atoms with Crippen LogP contribution in [0.5, 0.6) is 11.5 Å². The van der Waals surface area contributed by atoms with Gasteiger partial charge in [-0.05, 0) is 75.8 Å². The summed E-state index contributed by atoms with van der Waals surface area (Å²) in [5, 5.41) is 9.76. The standard InChI is InChI=1S/C25H25N3O4.Li.2H2O/c1-15-3-2-4-17(26-15)21-20(16-5-6-18-19(13-16)32-14-31-18)27-22(28-21)24-7-10-25(11-8-24,12-9-24)23(29)30;;;/h2-6,13H,7-12,14H2,1H3,(H,27,28)(H,29,30);;2*1H2/q;+1;;/p-1. The van der Waals surface area contributed by atoms with E-state index in [0.29, 0.717) is 19.3 Å². The zero-order valence-corrected chi connectivity index (χ0v) is 19.9. The Kier molecular flexibility index (Phi) is 7.39. The number of pyridine rings is 1. The molecule has 0 saturated heterocycles. The van der Waals surface area contributed by atoms with Crippen LogP contribution in [-0.4, -0.2) is 43.8 Å². The van der Waals surface area contributed by atoms with Crippen molar-refractivity contribution in [1.29, 1.82) is 0 Å². The van der Waals surface area contributed by atoms with Gasteiger partial charge in [0.25, 0.3) is 0 Å². The van der Waals surface area contributed by atoms with E-state index >= 15 is 0 Å². The minimum Gasteiger partial charge on any atom is -0.870 e. The van der Waals surface area contributed by atoms with Crippen LogP contribution in [0.3, 0.4) is 0 Å². The molecule has 1 aromatic carbocycles. The van der Waals surface area contributed by atoms with E-state index < -0.39 is 11.4 Å². The Morgan fingerprint density at radius 1 is 1.00 bits per heavy atom.